The zero-order chi connectivity index (χ0) is 12.5. The third-order valence-corrected chi connectivity index (χ3v) is 3.35. The van der Waals surface area contributed by atoms with E-state index in [1.165, 1.54) is 4.90 Å². The molecule has 0 aliphatic heterocycles. The molecule has 0 aliphatic rings. The van der Waals surface area contributed by atoms with Crippen LogP contribution in [0.2, 0.25) is 0 Å². The van der Waals surface area contributed by atoms with Gasteiger partial charge in [-0.05, 0) is 36.8 Å². The van der Waals surface area contributed by atoms with Gasteiger partial charge in [-0.3, -0.25) is 0 Å². The van der Waals surface area contributed by atoms with Gasteiger partial charge in [-0.2, -0.15) is 0 Å². The number of nitrogens with two attached hydrogens (primary N) is 1. The van der Waals surface area contributed by atoms with Gasteiger partial charge >= 0.3 is 0 Å². The summed E-state index contributed by atoms with van der Waals surface area (Å²) < 4.78 is 5.15. The Morgan fingerprint density at radius 1 is 1.47 bits per heavy atom. The molecule has 0 bridgehead atoms. The van der Waals surface area contributed by atoms with Crippen molar-refractivity contribution < 1.29 is 9.94 Å². The maximum absolute atomic E-state index is 8.37. The van der Waals surface area contributed by atoms with Crippen LogP contribution in [0.15, 0.2) is 34.3 Å². The van der Waals surface area contributed by atoms with Crippen LogP contribution in [0.25, 0.3) is 0 Å². The summed E-state index contributed by atoms with van der Waals surface area (Å²) in [7, 11) is 1.67. The first-order chi connectivity index (χ1) is 8.26. The second kappa shape index (κ2) is 7.84. The smallest absolute Gasteiger partial charge is 0.139 e. The van der Waals surface area contributed by atoms with Gasteiger partial charge in [0.25, 0.3) is 0 Å². The Kier molecular flexibility index (Phi) is 6.32. The van der Waals surface area contributed by atoms with E-state index in [4.69, 9.17) is 15.7 Å². The topological polar surface area (TPSA) is 67.8 Å². The molecule has 0 radical (unpaired) electrons. The highest BCUT2D eigenvalue weighted by Crippen LogP contribution is 2.23. The lowest BCUT2D eigenvalue weighted by molar-refractivity contribution is 0.316. The van der Waals surface area contributed by atoms with Crippen molar-refractivity contribution in [3.05, 3.63) is 24.3 Å². The van der Waals surface area contributed by atoms with E-state index in [1.54, 1.807) is 18.9 Å². The number of methoxy groups -OCH3 is 1. The number of oxime groups is 1. The van der Waals surface area contributed by atoms with Gasteiger partial charge in [-0.25, -0.2) is 0 Å². The van der Waals surface area contributed by atoms with E-state index in [0.717, 1.165) is 24.3 Å². The van der Waals surface area contributed by atoms with Gasteiger partial charge in [0.05, 0.1) is 7.11 Å². The molecule has 94 valence electrons. The molecule has 0 aliphatic carbocycles. The molecule has 0 unspecified atom stereocenters. The Morgan fingerprint density at radius 2 is 2.29 bits per heavy atom. The first-order valence-corrected chi connectivity index (χ1v) is 6.48. The predicted molar refractivity (Wildman–Crippen MR) is 71.0 cm³/mol. The van der Waals surface area contributed by atoms with E-state index in [0.29, 0.717) is 12.3 Å². The van der Waals surface area contributed by atoms with Crippen molar-refractivity contribution in [3.8, 4) is 5.75 Å². The van der Waals surface area contributed by atoms with Crippen LogP contribution in [-0.2, 0) is 0 Å². The number of nitrogens with zero attached hydrogens (tertiary/aromatic N) is 1. The minimum Gasteiger partial charge on any atom is -0.497 e. The van der Waals surface area contributed by atoms with Crippen molar-refractivity contribution in [1.82, 2.24) is 0 Å². The normalized spacial score (nSPS) is 11.5. The van der Waals surface area contributed by atoms with Crippen LogP contribution in [0.5, 0.6) is 5.75 Å². The molecule has 5 heteroatoms. The summed E-state index contributed by atoms with van der Waals surface area (Å²) in [5, 5.41) is 11.3. The van der Waals surface area contributed by atoms with Crippen molar-refractivity contribution in [1.29, 1.82) is 0 Å². The third kappa shape index (κ3) is 5.49. The number of rotatable bonds is 7. The fourth-order valence-corrected chi connectivity index (χ4v) is 2.30. The molecule has 0 aromatic heterocycles. The second-order valence-corrected chi connectivity index (χ2v) is 4.74. The first-order valence-electron chi connectivity index (χ1n) is 5.49. The van der Waals surface area contributed by atoms with Gasteiger partial charge in [-0.1, -0.05) is 11.2 Å². The largest absolute Gasteiger partial charge is 0.497 e. The summed E-state index contributed by atoms with van der Waals surface area (Å²) in [5.74, 6) is 2.20. The number of unbranched alkanes of at least 4 members (excludes halogenated alkanes) is 1. The van der Waals surface area contributed by atoms with E-state index >= 15 is 0 Å². The van der Waals surface area contributed by atoms with Gasteiger partial charge < -0.3 is 15.7 Å². The molecule has 0 atom stereocenters. The number of hydrogen-bond donors (Lipinski definition) is 2. The minimum absolute atomic E-state index is 0.302. The van der Waals surface area contributed by atoms with Crippen LogP contribution in [0.4, 0.5) is 0 Å². The number of ether oxygens (including phenoxy) is 1. The van der Waals surface area contributed by atoms with Crippen LogP contribution in [0, 0.1) is 0 Å². The molecule has 0 fully saturated rings. The number of amidine groups is 1. The Labute approximate surface area is 106 Å². The average molecular weight is 254 g/mol. The van der Waals surface area contributed by atoms with Crippen molar-refractivity contribution in [2.45, 2.75) is 24.2 Å². The molecule has 3 N–H and O–H groups in total. The summed E-state index contributed by atoms with van der Waals surface area (Å²) in [6.45, 7) is 0. The van der Waals surface area contributed by atoms with Crippen LogP contribution in [0.1, 0.15) is 19.3 Å². The number of thioether (sulfide) groups is 1. The van der Waals surface area contributed by atoms with Crippen molar-refractivity contribution >= 4 is 17.6 Å². The van der Waals surface area contributed by atoms with E-state index in [1.807, 2.05) is 18.2 Å². The second-order valence-electron chi connectivity index (χ2n) is 3.58. The minimum atomic E-state index is 0.302. The summed E-state index contributed by atoms with van der Waals surface area (Å²) in [5.41, 5.74) is 5.38. The lowest BCUT2D eigenvalue weighted by Crippen LogP contribution is -2.10. The highest BCUT2D eigenvalue weighted by molar-refractivity contribution is 7.99. The van der Waals surface area contributed by atoms with E-state index < -0.39 is 0 Å². The summed E-state index contributed by atoms with van der Waals surface area (Å²) in [6, 6.07) is 8.00. The molecule has 17 heavy (non-hydrogen) atoms. The van der Waals surface area contributed by atoms with Crippen molar-refractivity contribution in [2.24, 2.45) is 10.9 Å². The maximum Gasteiger partial charge on any atom is 0.139 e. The third-order valence-electron chi connectivity index (χ3n) is 2.27. The van der Waals surface area contributed by atoms with Gasteiger partial charge in [0.1, 0.15) is 11.6 Å². The standard InChI is InChI=1S/C12H18N2O2S/c1-16-10-5-4-6-11(9-10)17-8-3-2-7-12(13)14-15/h4-6,9,15H,2-3,7-8H2,1H3,(H2,13,14). The monoisotopic (exact) mass is 254 g/mol. The Hall–Kier alpha value is -1.36. The average Bonchev–Trinajstić information content (AvgIpc) is 2.38. The van der Waals surface area contributed by atoms with Gasteiger partial charge in [0.15, 0.2) is 0 Å². The summed E-state index contributed by atoms with van der Waals surface area (Å²) in [4.78, 5) is 1.20. The molecule has 0 saturated heterocycles. The van der Waals surface area contributed by atoms with E-state index in [2.05, 4.69) is 11.2 Å². The number of benzene rings is 1. The fourth-order valence-electron chi connectivity index (χ4n) is 1.34. The summed E-state index contributed by atoms with van der Waals surface area (Å²) >= 11 is 1.79. The number of hydrogen-bond acceptors (Lipinski definition) is 4. The Morgan fingerprint density at radius 3 is 3.00 bits per heavy atom. The van der Waals surface area contributed by atoms with Crippen LogP contribution in [-0.4, -0.2) is 23.9 Å². The molecule has 0 spiro atoms. The highest BCUT2D eigenvalue weighted by Gasteiger charge is 1.98. The Bertz CT molecular complexity index is 369. The van der Waals surface area contributed by atoms with Gasteiger partial charge in [-0.15, -0.1) is 11.8 Å². The lowest BCUT2D eigenvalue weighted by Gasteiger charge is -2.04. The van der Waals surface area contributed by atoms with Crippen LogP contribution < -0.4 is 10.5 Å². The molecule has 1 aromatic rings. The molecule has 4 nitrogen and oxygen atoms in total. The molecule has 0 amide bonds. The Balaban J connectivity index is 2.22. The molecular weight excluding hydrogens is 236 g/mol. The highest BCUT2D eigenvalue weighted by atomic mass is 32.2. The summed E-state index contributed by atoms with van der Waals surface area (Å²) in [6.07, 6.45) is 2.63. The molecule has 1 aromatic carbocycles. The van der Waals surface area contributed by atoms with Crippen LogP contribution >= 0.6 is 11.8 Å². The maximum atomic E-state index is 8.37. The SMILES string of the molecule is COc1cccc(SCCCC/C(N)=N/O)c1. The molecule has 1 rings (SSSR count). The molecule has 0 heterocycles. The van der Waals surface area contributed by atoms with Gasteiger partial charge in [0.2, 0.25) is 0 Å². The quantitative estimate of drug-likeness (QED) is 0.196. The van der Waals surface area contributed by atoms with Crippen LogP contribution in [0.3, 0.4) is 0 Å². The molecule has 0 saturated carbocycles. The van der Waals surface area contributed by atoms with Crippen molar-refractivity contribution in [2.75, 3.05) is 12.9 Å². The lowest BCUT2D eigenvalue weighted by atomic mass is 10.2. The van der Waals surface area contributed by atoms with E-state index in [9.17, 15) is 0 Å². The fraction of sp³-hybridized carbons (Fsp3) is 0.417. The first kappa shape index (κ1) is 13.7. The van der Waals surface area contributed by atoms with Gasteiger partial charge in [0, 0.05) is 11.3 Å². The van der Waals surface area contributed by atoms with Crippen molar-refractivity contribution in [3.63, 3.8) is 0 Å². The predicted octanol–water partition coefficient (Wildman–Crippen LogP) is 2.70. The van der Waals surface area contributed by atoms with E-state index in [-0.39, 0.29) is 0 Å². The zero-order valence-corrected chi connectivity index (χ0v) is 10.7. The zero-order valence-electron chi connectivity index (χ0n) is 9.93. The molecular formula is C12H18N2O2S.